The lowest BCUT2D eigenvalue weighted by atomic mass is 9.85. The molecule has 39 heavy (non-hydrogen) atoms. The van der Waals surface area contributed by atoms with E-state index in [1.807, 2.05) is 51.2 Å². The minimum Gasteiger partial charge on any atom is -0.493 e. The van der Waals surface area contributed by atoms with Crippen molar-refractivity contribution < 1.29 is 24.1 Å². The molecule has 1 aliphatic heterocycles. The Morgan fingerprint density at radius 3 is 2.72 bits per heavy atom. The number of aliphatic carboxylic acids is 1. The van der Waals surface area contributed by atoms with Gasteiger partial charge in [-0.1, -0.05) is 56.7 Å². The number of fused-ring (bicyclic) bond motifs is 1. The van der Waals surface area contributed by atoms with Gasteiger partial charge in [-0.3, -0.25) is 9.79 Å². The van der Waals surface area contributed by atoms with E-state index in [1.165, 1.54) is 6.08 Å². The molecule has 0 amide bonds. The summed E-state index contributed by atoms with van der Waals surface area (Å²) >= 11 is 6.55. The first kappa shape index (κ1) is 33.9. The molecule has 0 radical (unpaired) electrons. The van der Waals surface area contributed by atoms with Crippen LogP contribution >= 0.6 is 11.6 Å². The highest BCUT2D eigenvalue weighted by Crippen LogP contribution is 2.35. The van der Waals surface area contributed by atoms with E-state index in [0.29, 0.717) is 36.8 Å². The lowest BCUT2D eigenvalue weighted by molar-refractivity contribution is -0.136. The van der Waals surface area contributed by atoms with Crippen LogP contribution in [0.25, 0.3) is 0 Å². The van der Waals surface area contributed by atoms with E-state index in [-0.39, 0.29) is 19.1 Å². The third-order valence-corrected chi connectivity index (χ3v) is 5.99. The molecular weight excluding hydrogens is 521 g/mol. The molecule has 0 aromatic rings. The Balaban J connectivity index is 0.00000371. The molecule has 2 unspecified atom stereocenters. The third-order valence-electron chi connectivity index (χ3n) is 5.62. The van der Waals surface area contributed by atoms with Gasteiger partial charge in [0.05, 0.1) is 31.2 Å². The second kappa shape index (κ2) is 19.0. The van der Waals surface area contributed by atoms with Crippen LogP contribution in [0.2, 0.25) is 0 Å². The number of hydrogen-bond donors (Lipinski definition) is 3. The van der Waals surface area contributed by atoms with E-state index >= 15 is 0 Å². The van der Waals surface area contributed by atoms with Gasteiger partial charge in [-0.2, -0.15) is 0 Å². The van der Waals surface area contributed by atoms with Crippen molar-refractivity contribution >= 4 is 23.4 Å². The summed E-state index contributed by atoms with van der Waals surface area (Å²) in [5, 5.41) is 22.2. The van der Waals surface area contributed by atoms with Gasteiger partial charge < -0.3 is 25.2 Å². The van der Waals surface area contributed by atoms with Crippen molar-refractivity contribution in [2.24, 2.45) is 4.99 Å². The van der Waals surface area contributed by atoms with Crippen LogP contribution in [0.5, 0.6) is 0 Å². The van der Waals surface area contributed by atoms with Crippen molar-refractivity contribution in [1.82, 2.24) is 10.2 Å². The SMILES string of the molecule is CC.CC/C=C\C(=C/CC(=O)O)OCCC1=NC2C=C(Cl)C(C/C=C/C=C\N(/C=C/CF)CCO)=CC2(C)N1. The van der Waals surface area contributed by atoms with Crippen molar-refractivity contribution in [3.8, 4) is 0 Å². The lowest BCUT2D eigenvalue weighted by Gasteiger charge is -2.31. The number of nitrogens with one attached hydrogen (secondary N) is 1. The number of carboxylic acid groups (broad SMARTS) is 1. The van der Waals surface area contributed by atoms with Gasteiger partial charge >= 0.3 is 5.97 Å². The summed E-state index contributed by atoms with van der Waals surface area (Å²) in [7, 11) is 0. The van der Waals surface area contributed by atoms with E-state index in [4.69, 9.17) is 31.5 Å². The summed E-state index contributed by atoms with van der Waals surface area (Å²) < 4.78 is 18.1. The summed E-state index contributed by atoms with van der Waals surface area (Å²) in [5.41, 5.74) is 0.588. The molecular formula is C30H43ClFN3O4. The summed E-state index contributed by atoms with van der Waals surface area (Å²) in [4.78, 5) is 17.3. The average Bonchev–Trinajstić information content (AvgIpc) is 3.23. The van der Waals surface area contributed by atoms with Crippen LogP contribution in [-0.2, 0) is 9.53 Å². The van der Waals surface area contributed by atoms with Gasteiger partial charge in [-0.15, -0.1) is 0 Å². The molecule has 1 aliphatic carbocycles. The van der Waals surface area contributed by atoms with Gasteiger partial charge in [-0.25, -0.2) is 4.39 Å². The number of ether oxygens (including phenoxy) is 1. The number of aliphatic imine (C=N–C) groups is 1. The summed E-state index contributed by atoms with van der Waals surface area (Å²) in [6.07, 6.45) is 21.7. The van der Waals surface area contributed by atoms with Crippen LogP contribution in [0.1, 0.15) is 53.4 Å². The summed E-state index contributed by atoms with van der Waals surface area (Å²) in [5.74, 6) is 0.443. The van der Waals surface area contributed by atoms with Crippen LogP contribution in [0.3, 0.4) is 0 Å². The first-order valence-corrected chi connectivity index (χ1v) is 13.8. The van der Waals surface area contributed by atoms with E-state index in [1.54, 1.807) is 29.5 Å². The Morgan fingerprint density at radius 1 is 1.28 bits per heavy atom. The second-order valence-corrected chi connectivity index (χ2v) is 9.11. The van der Waals surface area contributed by atoms with Gasteiger partial charge in [0, 0.05) is 30.4 Å². The maximum atomic E-state index is 12.3. The predicted octanol–water partition coefficient (Wildman–Crippen LogP) is 6.17. The highest BCUT2D eigenvalue weighted by Gasteiger charge is 2.40. The number of carbonyl (C=O) groups is 1. The zero-order valence-corrected chi connectivity index (χ0v) is 24.2. The number of rotatable bonds is 16. The molecule has 2 atom stereocenters. The lowest BCUT2D eigenvalue weighted by Crippen LogP contribution is -2.47. The summed E-state index contributed by atoms with van der Waals surface area (Å²) in [6.45, 7) is 8.24. The van der Waals surface area contributed by atoms with Gasteiger partial charge in [0.1, 0.15) is 18.3 Å². The molecule has 0 bridgehead atoms. The van der Waals surface area contributed by atoms with Crippen molar-refractivity contribution in [2.45, 2.75) is 65.0 Å². The Labute approximate surface area is 237 Å². The minimum absolute atomic E-state index is 0.0284. The number of nitrogens with zero attached hydrogens (tertiary/aromatic N) is 2. The molecule has 216 valence electrons. The summed E-state index contributed by atoms with van der Waals surface area (Å²) in [6, 6.07) is -0.126. The van der Waals surface area contributed by atoms with Crippen LogP contribution in [0, 0.1) is 0 Å². The fourth-order valence-corrected chi connectivity index (χ4v) is 4.05. The smallest absolute Gasteiger partial charge is 0.307 e. The first-order chi connectivity index (χ1) is 18.8. The molecule has 0 fully saturated rings. The quantitative estimate of drug-likeness (QED) is 0.153. The molecule has 7 nitrogen and oxygen atoms in total. The molecule has 9 heteroatoms. The average molecular weight is 564 g/mol. The third kappa shape index (κ3) is 12.5. The highest BCUT2D eigenvalue weighted by molar-refractivity contribution is 6.32. The first-order valence-electron chi connectivity index (χ1n) is 13.4. The Morgan fingerprint density at radius 2 is 2.05 bits per heavy atom. The fraction of sp³-hybridized carbons (Fsp3) is 0.467. The van der Waals surface area contributed by atoms with Crippen LogP contribution in [0.15, 0.2) is 88.4 Å². The highest BCUT2D eigenvalue weighted by atomic mass is 35.5. The largest absolute Gasteiger partial charge is 0.493 e. The minimum atomic E-state index is -0.906. The number of aliphatic hydroxyl groups is 1. The molecule has 0 saturated heterocycles. The van der Waals surface area contributed by atoms with Crippen LogP contribution in [-0.4, -0.2) is 64.9 Å². The number of aliphatic hydroxyl groups excluding tert-OH is 1. The van der Waals surface area contributed by atoms with Crippen molar-refractivity contribution in [3.63, 3.8) is 0 Å². The molecule has 0 aromatic heterocycles. The van der Waals surface area contributed by atoms with Crippen molar-refractivity contribution in [1.29, 1.82) is 0 Å². The number of alkyl halides is 1. The number of hydrogen-bond acceptors (Lipinski definition) is 6. The molecule has 3 N–H and O–H groups in total. The van der Waals surface area contributed by atoms with Gasteiger partial charge in [-0.05, 0) is 55.7 Å². The van der Waals surface area contributed by atoms with E-state index in [0.717, 1.165) is 17.8 Å². The van der Waals surface area contributed by atoms with Gasteiger partial charge in [0.2, 0.25) is 0 Å². The van der Waals surface area contributed by atoms with Gasteiger partial charge in [0.25, 0.3) is 0 Å². The molecule has 0 saturated carbocycles. The number of carboxylic acids is 1. The second-order valence-electron chi connectivity index (χ2n) is 8.70. The monoisotopic (exact) mass is 563 g/mol. The van der Waals surface area contributed by atoms with Crippen molar-refractivity contribution in [2.75, 3.05) is 26.4 Å². The molecule has 2 rings (SSSR count). The molecule has 2 aliphatic rings. The molecule has 0 aromatic carbocycles. The van der Waals surface area contributed by atoms with E-state index < -0.39 is 18.2 Å². The maximum absolute atomic E-state index is 12.3. The Bertz CT molecular complexity index is 1010. The Kier molecular flexibility index (Phi) is 16.6. The topological polar surface area (TPSA) is 94.4 Å². The number of halogens is 2. The zero-order chi connectivity index (χ0) is 29.1. The number of amidine groups is 1. The fourth-order valence-electron chi connectivity index (χ4n) is 3.80. The van der Waals surface area contributed by atoms with E-state index in [2.05, 4.69) is 18.3 Å². The zero-order valence-electron chi connectivity index (χ0n) is 23.4. The van der Waals surface area contributed by atoms with E-state index in [9.17, 15) is 9.18 Å². The normalized spacial score (nSPS) is 20.9. The van der Waals surface area contributed by atoms with Gasteiger partial charge in [0.15, 0.2) is 0 Å². The van der Waals surface area contributed by atoms with Crippen molar-refractivity contribution in [3.05, 3.63) is 83.4 Å². The number of allylic oxidation sites excluding steroid dienone is 8. The van der Waals surface area contributed by atoms with Crippen LogP contribution < -0.4 is 5.32 Å². The molecule has 1 heterocycles. The Hall–Kier alpha value is -3.10. The van der Waals surface area contributed by atoms with Crippen LogP contribution in [0.4, 0.5) is 4.39 Å². The predicted molar refractivity (Wildman–Crippen MR) is 158 cm³/mol. The maximum Gasteiger partial charge on any atom is 0.307 e. The standard InChI is InChI=1S/C28H37ClFN3O4.C2H6/c1-3-4-10-23(11-12-27(35)36)37-19-13-26-31-25-20-24(29)22(21-28(25,2)32-26)9-6-5-7-15-33(17-18-34)16-8-14-30;1-2/h4-8,10-11,15-16,20-21,25,34H,3,9,12-14,17-19H2,1-2H3,(H,31,32)(H,35,36);1-2H3/b6-5+,10-4-,15-7-,16-8+,23-11+;. The molecule has 0 spiro atoms.